The van der Waals surface area contributed by atoms with Crippen molar-refractivity contribution in [3.63, 3.8) is 0 Å². The average Bonchev–Trinajstić information content (AvgIpc) is 2.65. The van der Waals surface area contributed by atoms with Crippen molar-refractivity contribution in [2.75, 3.05) is 13.1 Å². The Hall–Kier alpha value is -0.930. The largest absolute Gasteiger partial charge is 0.326 e. The molecule has 0 bridgehead atoms. The minimum Gasteiger partial charge on any atom is -0.326 e. The molecule has 0 amide bonds. The molecule has 1 unspecified atom stereocenters. The predicted octanol–water partition coefficient (Wildman–Crippen LogP) is 1.18. The van der Waals surface area contributed by atoms with Crippen LogP contribution in [-0.4, -0.2) is 29.0 Å². The second-order valence-electron chi connectivity index (χ2n) is 3.97. The first-order chi connectivity index (χ1) is 6.77. The fourth-order valence-electron chi connectivity index (χ4n) is 1.98. The fraction of sp³-hybridized carbons (Fsp3) is 0.545. The number of rotatable bonds is 2. The normalized spacial score (nSPS) is 25.1. The van der Waals surface area contributed by atoms with Crippen LogP contribution in [0.5, 0.6) is 0 Å². The first-order valence-electron chi connectivity index (χ1n) is 5.18. The highest BCUT2D eigenvalue weighted by Crippen LogP contribution is 2.21. The molecule has 3 heteroatoms. The molecule has 0 saturated carbocycles. The van der Waals surface area contributed by atoms with E-state index in [1.54, 1.807) is 0 Å². The van der Waals surface area contributed by atoms with Crippen LogP contribution in [0, 0.1) is 0 Å². The lowest BCUT2D eigenvalue weighted by molar-refractivity contribution is 0.255. The lowest BCUT2D eigenvalue weighted by Crippen LogP contribution is -2.29. The summed E-state index contributed by atoms with van der Waals surface area (Å²) in [6.45, 7) is 4.29. The molecule has 1 aliphatic rings. The molecule has 2 rings (SSSR count). The number of likely N-dealkylation sites (tertiary alicyclic amines) is 1. The van der Waals surface area contributed by atoms with Crippen LogP contribution in [0.15, 0.2) is 24.4 Å². The molecule has 2 N–H and O–H groups in total. The molecule has 2 atom stereocenters. The Morgan fingerprint density at radius 1 is 1.57 bits per heavy atom. The van der Waals surface area contributed by atoms with Crippen LogP contribution in [0.1, 0.15) is 25.1 Å². The van der Waals surface area contributed by atoms with Crippen molar-refractivity contribution in [3.05, 3.63) is 30.1 Å². The Kier molecular flexibility index (Phi) is 2.79. The first kappa shape index (κ1) is 9.62. The minimum atomic E-state index is 0.348. The van der Waals surface area contributed by atoms with Gasteiger partial charge in [-0.1, -0.05) is 6.07 Å². The molecule has 2 heterocycles. The Labute approximate surface area is 84.9 Å². The van der Waals surface area contributed by atoms with Crippen LogP contribution in [0.3, 0.4) is 0 Å². The summed E-state index contributed by atoms with van der Waals surface area (Å²) in [5.74, 6) is 0. The molecular formula is C11H17N3. The minimum absolute atomic E-state index is 0.348. The number of nitrogens with two attached hydrogens (primary N) is 1. The highest BCUT2D eigenvalue weighted by molar-refractivity contribution is 5.08. The van der Waals surface area contributed by atoms with Gasteiger partial charge in [0.05, 0.1) is 5.69 Å². The topological polar surface area (TPSA) is 42.2 Å². The second-order valence-corrected chi connectivity index (χ2v) is 3.97. The highest BCUT2D eigenvalue weighted by atomic mass is 15.2. The summed E-state index contributed by atoms with van der Waals surface area (Å²) in [6.07, 6.45) is 2.96. The van der Waals surface area contributed by atoms with Gasteiger partial charge in [0.25, 0.3) is 0 Å². The number of hydrogen-bond acceptors (Lipinski definition) is 3. The summed E-state index contributed by atoms with van der Waals surface area (Å²) in [5, 5.41) is 0. The third-order valence-electron chi connectivity index (χ3n) is 2.92. The fourth-order valence-corrected chi connectivity index (χ4v) is 1.98. The molecule has 0 aromatic carbocycles. The van der Waals surface area contributed by atoms with Crippen LogP contribution in [0.2, 0.25) is 0 Å². The molecular weight excluding hydrogens is 174 g/mol. The Morgan fingerprint density at radius 3 is 3.00 bits per heavy atom. The lowest BCUT2D eigenvalue weighted by atomic mass is 10.2. The van der Waals surface area contributed by atoms with E-state index in [-0.39, 0.29) is 0 Å². The molecule has 1 aliphatic heterocycles. The van der Waals surface area contributed by atoms with Gasteiger partial charge < -0.3 is 5.73 Å². The molecule has 0 aliphatic carbocycles. The highest BCUT2D eigenvalue weighted by Gasteiger charge is 2.24. The SMILES string of the molecule is CC(c1ccccn1)N1CC[C@@H](N)C1. The van der Waals surface area contributed by atoms with Crippen LogP contribution in [0.4, 0.5) is 0 Å². The van der Waals surface area contributed by atoms with Gasteiger partial charge in [0, 0.05) is 31.4 Å². The van der Waals surface area contributed by atoms with Crippen LogP contribution < -0.4 is 5.73 Å². The Bertz CT molecular complexity index is 286. The Morgan fingerprint density at radius 2 is 2.43 bits per heavy atom. The van der Waals surface area contributed by atoms with Gasteiger partial charge in [-0.25, -0.2) is 0 Å². The number of pyridine rings is 1. The molecule has 0 radical (unpaired) electrons. The van der Waals surface area contributed by atoms with Crippen LogP contribution in [0.25, 0.3) is 0 Å². The van der Waals surface area contributed by atoms with Gasteiger partial charge in [0.1, 0.15) is 0 Å². The van der Waals surface area contributed by atoms with Crippen molar-refractivity contribution in [3.8, 4) is 0 Å². The third-order valence-corrected chi connectivity index (χ3v) is 2.92. The molecule has 14 heavy (non-hydrogen) atoms. The summed E-state index contributed by atoms with van der Waals surface area (Å²) in [5.41, 5.74) is 7.02. The summed E-state index contributed by atoms with van der Waals surface area (Å²) in [7, 11) is 0. The summed E-state index contributed by atoms with van der Waals surface area (Å²) < 4.78 is 0. The average molecular weight is 191 g/mol. The van der Waals surface area contributed by atoms with Gasteiger partial charge in [-0.15, -0.1) is 0 Å². The van der Waals surface area contributed by atoms with Crippen LogP contribution >= 0.6 is 0 Å². The van der Waals surface area contributed by atoms with Crippen molar-refractivity contribution in [2.24, 2.45) is 5.73 Å². The predicted molar refractivity (Wildman–Crippen MR) is 56.8 cm³/mol. The van der Waals surface area contributed by atoms with E-state index in [1.807, 2.05) is 18.3 Å². The summed E-state index contributed by atoms with van der Waals surface area (Å²) in [4.78, 5) is 6.76. The monoisotopic (exact) mass is 191 g/mol. The first-order valence-corrected chi connectivity index (χ1v) is 5.18. The van der Waals surface area contributed by atoms with Crippen molar-refractivity contribution < 1.29 is 0 Å². The zero-order chi connectivity index (χ0) is 9.97. The third kappa shape index (κ3) is 1.94. The van der Waals surface area contributed by atoms with Crippen molar-refractivity contribution in [2.45, 2.75) is 25.4 Å². The van der Waals surface area contributed by atoms with E-state index in [0.717, 1.165) is 25.2 Å². The molecule has 1 saturated heterocycles. The molecule has 1 aromatic rings. The van der Waals surface area contributed by atoms with E-state index in [9.17, 15) is 0 Å². The van der Waals surface area contributed by atoms with E-state index in [1.165, 1.54) is 0 Å². The van der Waals surface area contributed by atoms with Crippen molar-refractivity contribution >= 4 is 0 Å². The molecule has 76 valence electrons. The van der Waals surface area contributed by atoms with E-state index in [4.69, 9.17) is 5.73 Å². The number of hydrogen-bond donors (Lipinski definition) is 1. The van der Waals surface area contributed by atoms with Gasteiger partial charge in [-0.3, -0.25) is 9.88 Å². The zero-order valence-corrected chi connectivity index (χ0v) is 8.56. The molecule has 0 spiro atoms. The maximum absolute atomic E-state index is 5.88. The Balaban J connectivity index is 2.05. The standard InChI is InChI=1S/C11H17N3/c1-9(11-4-2-3-6-13-11)14-7-5-10(12)8-14/h2-4,6,9-10H,5,7-8,12H2,1H3/t9?,10-/m1/s1. The molecule has 1 aromatic heterocycles. The quantitative estimate of drug-likeness (QED) is 0.763. The summed E-state index contributed by atoms with van der Waals surface area (Å²) in [6, 6.07) is 6.81. The van der Waals surface area contributed by atoms with Crippen LogP contribution in [-0.2, 0) is 0 Å². The van der Waals surface area contributed by atoms with Crippen molar-refractivity contribution in [1.29, 1.82) is 0 Å². The van der Waals surface area contributed by atoms with Gasteiger partial charge in [0.2, 0.25) is 0 Å². The number of aromatic nitrogens is 1. The second kappa shape index (κ2) is 4.07. The molecule has 3 nitrogen and oxygen atoms in total. The smallest absolute Gasteiger partial charge is 0.0572 e. The van der Waals surface area contributed by atoms with E-state index < -0.39 is 0 Å². The van der Waals surface area contributed by atoms with E-state index in [2.05, 4.69) is 22.9 Å². The van der Waals surface area contributed by atoms with E-state index in [0.29, 0.717) is 12.1 Å². The zero-order valence-electron chi connectivity index (χ0n) is 8.56. The van der Waals surface area contributed by atoms with Gasteiger partial charge in [0.15, 0.2) is 0 Å². The molecule has 1 fully saturated rings. The number of nitrogens with zero attached hydrogens (tertiary/aromatic N) is 2. The van der Waals surface area contributed by atoms with Crippen molar-refractivity contribution in [1.82, 2.24) is 9.88 Å². The maximum atomic E-state index is 5.88. The van der Waals surface area contributed by atoms with Gasteiger partial charge in [-0.2, -0.15) is 0 Å². The van der Waals surface area contributed by atoms with Gasteiger partial charge >= 0.3 is 0 Å². The lowest BCUT2D eigenvalue weighted by Gasteiger charge is -2.23. The van der Waals surface area contributed by atoms with E-state index >= 15 is 0 Å². The summed E-state index contributed by atoms with van der Waals surface area (Å²) >= 11 is 0. The van der Waals surface area contributed by atoms with Gasteiger partial charge in [-0.05, 0) is 25.5 Å². The maximum Gasteiger partial charge on any atom is 0.0572 e.